The lowest BCUT2D eigenvalue weighted by Crippen LogP contribution is -2.54. The SMILES string of the molecule is C[C@H]1CN(Cc2ccc(N3CCOCC3)cc2Cl)CCN1.C[C@H]1CN(Cc2ccc(N3CCOCC3)cc2Cl)CCN1C(=O)OC(C)(C)C. The molecule has 0 aromatic heterocycles. The predicted molar refractivity (Wildman–Crippen MR) is 199 cm³/mol. The first-order chi connectivity index (χ1) is 23.4. The first kappa shape index (κ1) is 37.9. The van der Waals surface area contributed by atoms with Crippen LogP contribution in [-0.4, -0.2) is 130 Å². The van der Waals surface area contributed by atoms with Gasteiger partial charge < -0.3 is 34.2 Å². The molecular formula is C37H56Cl2N6O4. The van der Waals surface area contributed by atoms with Gasteiger partial charge in [0.25, 0.3) is 0 Å². The molecule has 4 aliphatic heterocycles. The Morgan fingerprint density at radius 3 is 1.73 bits per heavy atom. The van der Waals surface area contributed by atoms with Crippen molar-refractivity contribution in [1.29, 1.82) is 0 Å². The van der Waals surface area contributed by atoms with E-state index in [2.05, 4.69) is 75.2 Å². The molecule has 0 bridgehead atoms. The van der Waals surface area contributed by atoms with Crippen LogP contribution in [0.25, 0.3) is 0 Å². The molecule has 10 nitrogen and oxygen atoms in total. The summed E-state index contributed by atoms with van der Waals surface area (Å²) in [6.07, 6.45) is -0.229. The summed E-state index contributed by atoms with van der Waals surface area (Å²) in [5, 5.41) is 5.15. The number of amides is 1. The normalized spacial score (nSPS) is 22.8. The summed E-state index contributed by atoms with van der Waals surface area (Å²) >= 11 is 13.1. The van der Waals surface area contributed by atoms with E-state index < -0.39 is 5.60 Å². The number of carbonyl (C=O) groups is 1. The molecule has 0 unspecified atom stereocenters. The lowest BCUT2D eigenvalue weighted by molar-refractivity contribution is 0.000557. The van der Waals surface area contributed by atoms with E-state index in [9.17, 15) is 4.79 Å². The summed E-state index contributed by atoms with van der Waals surface area (Å²) < 4.78 is 16.3. The molecule has 0 saturated carbocycles. The second kappa shape index (κ2) is 17.8. The average Bonchev–Trinajstić information content (AvgIpc) is 3.07. The zero-order valence-corrected chi connectivity index (χ0v) is 31.6. The highest BCUT2D eigenvalue weighted by Gasteiger charge is 2.31. The van der Waals surface area contributed by atoms with Crippen LogP contribution < -0.4 is 15.1 Å². The molecule has 1 amide bonds. The quantitative estimate of drug-likeness (QED) is 0.412. The smallest absolute Gasteiger partial charge is 0.410 e. The van der Waals surface area contributed by atoms with E-state index >= 15 is 0 Å². The first-order valence-electron chi connectivity index (χ1n) is 17.8. The molecule has 0 radical (unpaired) electrons. The van der Waals surface area contributed by atoms with Gasteiger partial charge in [-0.05, 0) is 70.0 Å². The molecule has 0 aliphatic carbocycles. The van der Waals surface area contributed by atoms with E-state index in [1.165, 1.54) is 11.3 Å². The van der Waals surface area contributed by atoms with Gasteiger partial charge in [0.2, 0.25) is 0 Å². The first-order valence-corrected chi connectivity index (χ1v) is 18.6. The molecule has 1 N–H and O–H groups in total. The van der Waals surface area contributed by atoms with Crippen LogP contribution in [0.15, 0.2) is 36.4 Å². The number of piperazine rings is 2. The van der Waals surface area contributed by atoms with Crippen LogP contribution in [-0.2, 0) is 27.3 Å². The molecule has 4 saturated heterocycles. The summed E-state index contributed by atoms with van der Waals surface area (Å²) in [6, 6.07) is 13.5. The van der Waals surface area contributed by atoms with Crippen molar-refractivity contribution in [1.82, 2.24) is 20.0 Å². The zero-order chi connectivity index (χ0) is 35.0. The molecule has 0 spiro atoms. The number of hydrogen-bond acceptors (Lipinski definition) is 9. The Morgan fingerprint density at radius 2 is 1.29 bits per heavy atom. The Kier molecular flexibility index (Phi) is 13.7. The van der Waals surface area contributed by atoms with Crippen molar-refractivity contribution in [2.75, 3.05) is 102 Å². The van der Waals surface area contributed by atoms with E-state index in [1.807, 2.05) is 25.7 Å². The minimum atomic E-state index is -0.469. The fourth-order valence-corrected chi connectivity index (χ4v) is 7.24. The minimum Gasteiger partial charge on any atom is -0.444 e. The third kappa shape index (κ3) is 11.3. The fourth-order valence-electron chi connectivity index (χ4n) is 6.77. The number of halogens is 2. The molecular weight excluding hydrogens is 663 g/mol. The molecule has 12 heteroatoms. The summed E-state index contributed by atoms with van der Waals surface area (Å²) in [5.74, 6) is 0. The standard InChI is InChI=1S/C21H32ClN3O3.C16H24ClN3O/c1-16-14-23(7-8-25(16)20(26)28-21(2,3)4)15-17-5-6-18(13-19(17)22)24-9-11-27-12-10-24;1-13-11-19(5-4-18-13)12-14-2-3-15(10-16(14)17)20-6-8-21-9-7-20/h5-6,13,16H,7-12,14-15H2,1-4H3;2-3,10,13,18H,4-9,11-12H2,1H3/t16-;13-/m00/s1. The van der Waals surface area contributed by atoms with Gasteiger partial charge in [-0.1, -0.05) is 35.3 Å². The molecule has 6 rings (SSSR count). The third-order valence-electron chi connectivity index (χ3n) is 9.41. The maximum absolute atomic E-state index is 12.4. The fraction of sp³-hybridized carbons (Fsp3) is 0.649. The number of nitrogens with one attached hydrogen (secondary N) is 1. The molecule has 4 aliphatic rings. The highest BCUT2D eigenvalue weighted by atomic mass is 35.5. The topological polar surface area (TPSA) is 73.0 Å². The van der Waals surface area contributed by atoms with E-state index in [-0.39, 0.29) is 12.1 Å². The molecule has 4 heterocycles. The summed E-state index contributed by atoms with van der Waals surface area (Å²) in [4.78, 5) is 23.7. The molecule has 49 heavy (non-hydrogen) atoms. The van der Waals surface area contributed by atoms with Gasteiger partial charge in [0, 0.05) is 112 Å². The number of rotatable bonds is 6. The maximum Gasteiger partial charge on any atom is 0.410 e. The summed E-state index contributed by atoms with van der Waals surface area (Å²) in [5.41, 5.74) is 4.24. The van der Waals surface area contributed by atoms with Gasteiger partial charge in [-0.3, -0.25) is 9.80 Å². The van der Waals surface area contributed by atoms with Crippen molar-refractivity contribution < 1.29 is 19.0 Å². The van der Waals surface area contributed by atoms with Crippen LogP contribution in [0.1, 0.15) is 45.7 Å². The zero-order valence-electron chi connectivity index (χ0n) is 30.1. The van der Waals surface area contributed by atoms with Gasteiger partial charge >= 0.3 is 6.09 Å². The van der Waals surface area contributed by atoms with Crippen molar-refractivity contribution in [3.63, 3.8) is 0 Å². The van der Waals surface area contributed by atoms with E-state index in [1.54, 1.807) is 0 Å². The number of hydrogen-bond donors (Lipinski definition) is 1. The highest BCUT2D eigenvalue weighted by molar-refractivity contribution is 6.32. The second-order valence-electron chi connectivity index (χ2n) is 14.6. The number of benzene rings is 2. The van der Waals surface area contributed by atoms with Crippen molar-refractivity contribution in [2.45, 2.75) is 65.4 Å². The monoisotopic (exact) mass is 718 g/mol. The Labute approximate surface area is 303 Å². The third-order valence-corrected chi connectivity index (χ3v) is 10.1. The average molecular weight is 720 g/mol. The van der Waals surface area contributed by atoms with E-state index in [0.717, 1.165) is 120 Å². The number of anilines is 2. The largest absolute Gasteiger partial charge is 0.444 e. The summed E-state index contributed by atoms with van der Waals surface area (Å²) in [7, 11) is 0. The van der Waals surface area contributed by atoms with Crippen LogP contribution in [0.2, 0.25) is 10.0 Å². The molecule has 272 valence electrons. The van der Waals surface area contributed by atoms with Crippen LogP contribution in [0.3, 0.4) is 0 Å². The molecule has 2 aromatic carbocycles. The minimum absolute atomic E-state index is 0.106. The Balaban J connectivity index is 0.000000199. The lowest BCUT2D eigenvalue weighted by atomic mass is 10.1. The van der Waals surface area contributed by atoms with Crippen molar-refractivity contribution in [2.24, 2.45) is 0 Å². The molecule has 4 fully saturated rings. The Hall–Kier alpha value is -2.31. The number of carbonyl (C=O) groups excluding carboxylic acids is 1. The van der Waals surface area contributed by atoms with Crippen molar-refractivity contribution in [3.05, 3.63) is 57.6 Å². The predicted octanol–water partition coefficient (Wildman–Crippen LogP) is 5.59. The number of ether oxygens (including phenoxy) is 3. The Bertz CT molecular complexity index is 1360. The van der Waals surface area contributed by atoms with Crippen LogP contribution >= 0.6 is 23.2 Å². The highest BCUT2D eigenvalue weighted by Crippen LogP contribution is 2.28. The van der Waals surface area contributed by atoms with Gasteiger partial charge in [0.15, 0.2) is 0 Å². The van der Waals surface area contributed by atoms with Gasteiger partial charge in [-0.25, -0.2) is 4.79 Å². The van der Waals surface area contributed by atoms with Gasteiger partial charge in [0.05, 0.1) is 26.4 Å². The molecule has 2 atom stereocenters. The van der Waals surface area contributed by atoms with E-state index in [4.69, 9.17) is 37.4 Å². The number of morpholine rings is 2. The van der Waals surface area contributed by atoms with Crippen LogP contribution in [0, 0.1) is 0 Å². The van der Waals surface area contributed by atoms with Gasteiger partial charge in [-0.2, -0.15) is 0 Å². The van der Waals surface area contributed by atoms with E-state index in [0.29, 0.717) is 12.6 Å². The second-order valence-corrected chi connectivity index (χ2v) is 15.4. The van der Waals surface area contributed by atoms with Gasteiger partial charge in [-0.15, -0.1) is 0 Å². The number of nitrogens with zero attached hydrogens (tertiary/aromatic N) is 5. The summed E-state index contributed by atoms with van der Waals surface area (Å²) in [6.45, 7) is 24.1. The van der Waals surface area contributed by atoms with Crippen LogP contribution in [0.5, 0.6) is 0 Å². The van der Waals surface area contributed by atoms with Crippen molar-refractivity contribution in [3.8, 4) is 0 Å². The Morgan fingerprint density at radius 1 is 0.776 bits per heavy atom. The molecule has 2 aromatic rings. The maximum atomic E-state index is 12.4. The van der Waals surface area contributed by atoms with Crippen molar-refractivity contribution >= 4 is 40.7 Å². The lowest BCUT2D eigenvalue weighted by Gasteiger charge is -2.40. The van der Waals surface area contributed by atoms with Crippen LogP contribution in [0.4, 0.5) is 16.2 Å². The van der Waals surface area contributed by atoms with Gasteiger partial charge in [0.1, 0.15) is 5.60 Å².